The third kappa shape index (κ3) is 6.12. The summed E-state index contributed by atoms with van der Waals surface area (Å²) in [6, 6.07) is 14.0. The summed E-state index contributed by atoms with van der Waals surface area (Å²) in [6.07, 6.45) is -4.19. The number of anilines is 2. The Kier molecular flexibility index (Phi) is 8.36. The number of benzene rings is 3. The lowest BCUT2D eigenvalue weighted by Gasteiger charge is -2.20. The summed E-state index contributed by atoms with van der Waals surface area (Å²) in [7, 11) is 0. The van der Waals surface area contributed by atoms with Crippen LogP contribution >= 0.6 is 0 Å². The topological polar surface area (TPSA) is 142 Å². The van der Waals surface area contributed by atoms with Gasteiger partial charge < -0.3 is 30.3 Å². The van der Waals surface area contributed by atoms with E-state index in [4.69, 9.17) is 9.83 Å². The first-order chi connectivity index (χ1) is 19.8. The van der Waals surface area contributed by atoms with E-state index in [1.54, 1.807) is 44.2 Å². The number of carboxylic acid groups (broad SMARTS) is 1. The van der Waals surface area contributed by atoms with Crippen LogP contribution in [0.15, 0.2) is 63.8 Å². The molecule has 0 spiro atoms. The van der Waals surface area contributed by atoms with E-state index in [-0.39, 0.29) is 39.1 Å². The molecule has 3 aromatic carbocycles. The standard InChI is InChI=1S/C30H26F3N3O6/c1-15-10-21(17(3)36-23-7-5-4-6-20(23)28(38)39)27-22(11-15)25(37)16(2)26(42-27)18-8-9-19(13-34)24(12-18)35-14-41-29(40)30(31,32)33/h4-13,17,34-36H,14H2,1-3H3,(H,38,39). The van der Waals surface area contributed by atoms with Gasteiger partial charge in [0, 0.05) is 39.8 Å². The summed E-state index contributed by atoms with van der Waals surface area (Å²) >= 11 is 0. The average molecular weight is 582 g/mol. The van der Waals surface area contributed by atoms with Crippen LogP contribution in [0.1, 0.15) is 45.6 Å². The molecule has 0 fully saturated rings. The second-order valence-electron chi connectivity index (χ2n) is 9.53. The van der Waals surface area contributed by atoms with Gasteiger partial charge in [-0.1, -0.05) is 30.3 Å². The Balaban J connectivity index is 1.78. The minimum Gasteiger partial charge on any atom is -0.478 e. The summed E-state index contributed by atoms with van der Waals surface area (Å²) in [5.41, 5.74) is 2.90. The number of hydrogen-bond donors (Lipinski definition) is 4. The molecule has 0 saturated heterocycles. The van der Waals surface area contributed by atoms with E-state index in [2.05, 4.69) is 15.4 Å². The zero-order chi connectivity index (χ0) is 30.8. The molecule has 4 rings (SSSR count). The van der Waals surface area contributed by atoms with E-state index in [0.717, 1.165) is 11.8 Å². The number of carbonyl (C=O) groups is 2. The molecular weight excluding hydrogens is 555 g/mol. The van der Waals surface area contributed by atoms with Crippen molar-refractivity contribution in [3.63, 3.8) is 0 Å². The highest BCUT2D eigenvalue weighted by Crippen LogP contribution is 2.34. The van der Waals surface area contributed by atoms with Crippen LogP contribution < -0.4 is 16.1 Å². The number of para-hydroxylation sites is 1. The van der Waals surface area contributed by atoms with Crippen molar-refractivity contribution in [3.05, 3.63) is 92.6 Å². The van der Waals surface area contributed by atoms with Crippen LogP contribution in [0.3, 0.4) is 0 Å². The van der Waals surface area contributed by atoms with Crippen LogP contribution in [-0.2, 0) is 9.53 Å². The van der Waals surface area contributed by atoms with Crippen LogP contribution in [0.4, 0.5) is 24.5 Å². The van der Waals surface area contributed by atoms with Gasteiger partial charge in [-0.15, -0.1) is 0 Å². The van der Waals surface area contributed by atoms with Crippen LogP contribution in [0.2, 0.25) is 0 Å². The monoisotopic (exact) mass is 581 g/mol. The number of rotatable bonds is 9. The number of nitrogens with one attached hydrogen (secondary N) is 3. The lowest BCUT2D eigenvalue weighted by atomic mass is 9.98. The number of hydrogen-bond acceptors (Lipinski definition) is 8. The second-order valence-corrected chi connectivity index (χ2v) is 9.53. The number of esters is 1. The van der Waals surface area contributed by atoms with E-state index in [1.807, 2.05) is 13.0 Å². The molecule has 9 nitrogen and oxygen atoms in total. The first-order valence-corrected chi connectivity index (χ1v) is 12.6. The van der Waals surface area contributed by atoms with Crippen LogP contribution in [0, 0.1) is 19.3 Å². The first kappa shape index (κ1) is 29.8. The van der Waals surface area contributed by atoms with Crippen LogP contribution in [0.5, 0.6) is 0 Å². The van der Waals surface area contributed by atoms with Gasteiger partial charge >= 0.3 is 18.1 Å². The maximum atomic E-state index is 13.5. The number of alkyl halides is 3. The van der Waals surface area contributed by atoms with Crippen molar-refractivity contribution in [1.29, 1.82) is 5.41 Å². The molecule has 0 saturated carbocycles. The highest BCUT2D eigenvalue weighted by Gasteiger charge is 2.40. The van der Waals surface area contributed by atoms with Crippen molar-refractivity contribution in [1.82, 2.24) is 0 Å². The van der Waals surface area contributed by atoms with Gasteiger partial charge in [0.2, 0.25) is 0 Å². The number of fused-ring (bicyclic) bond motifs is 1. The first-order valence-electron chi connectivity index (χ1n) is 12.6. The summed E-state index contributed by atoms with van der Waals surface area (Å²) in [5.74, 6) is -3.28. The number of aromatic carboxylic acids is 1. The van der Waals surface area contributed by atoms with Gasteiger partial charge in [0.25, 0.3) is 0 Å². The Morgan fingerprint density at radius 2 is 1.81 bits per heavy atom. The SMILES string of the molecule is Cc1cc(C(C)Nc2ccccc2C(=O)O)c2oc(-c3ccc(C=N)c(NCOC(=O)C(F)(F)F)c3)c(C)c(=O)c2c1. The molecule has 0 radical (unpaired) electrons. The molecule has 0 aliphatic carbocycles. The fourth-order valence-electron chi connectivity index (χ4n) is 4.51. The smallest absolute Gasteiger partial charge is 0.478 e. The zero-order valence-corrected chi connectivity index (χ0v) is 22.7. The summed E-state index contributed by atoms with van der Waals surface area (Å²) in [5, 5.41) is 23.3. The molecule has 0 aliphatic rings. The number of carboxylic acids is 1. The van der Waals surface area contributed by atoms with E-state index >= 15 is 0 Å². The Morgan fingerprint density at radius 1 is 1.10 bits per heavy atom. The molecule has 4 N–H and O–H groups in total. The lowest BCUT2D eigenvalue weighted by Crippen LogP contribution is -2.27. The molecule has 218 valence electrons. The number of halogens is 3. The number of ether oxygens (including phenoxy) is 1. The molecular formula is C30H26F3N3O6. The molecule has 4 aromatic rings. The van der Waals surface area contributed by atoms with Gasteiger partial charge in [-0.05, 0) is 50.6 Å². The highest BCUT2D eigenvalue weighted by atomic mass is 19.4. The minimum atomic E-state index is -5.16. The Labute approximate surface area is 237 Å². The molecule has 1 heterocycles. The van der Waals surface area contributed by atoms with Crippen molar-refractivity contribution in [2.45, 2.75) is 33.0 Å². The van der Waals surface area contributed by atoms with Gasteiger partial charge in [-0.25, -0.2) is 9.59 Å². The number of aryl methyl sites for hydroxylation is 1. The maximum Gasteiger partial charge on any atom is 0.490 e. The predicted molar refractivity (Wildman–Crippen MR) is 151 cm³/mol. The van der Waals surface area contributed by atoms with E-state index in [0.29, 0.717) is 22.2 Å². The fraction of sp³-hybridized carbons (Fsp3) is 0.200. The molecule has 0 aliphatic heterocycles. The average Bonchev–Trinajstić information content (AvgIpc) is 2.94. The van der Waals surface area contributed by atoms with Gasteiger partial charge in [0.05, 0.1) is 17.0 Å². The maximum absolute atomic E-state index is 13.5. The molecule has 0 bridgehead atoms. The Bertz CT molecular complexity index is 1760. The van der Waals surface area contributed by atoms with Crippen molar-refractivity contribution >= 4 is 40.5 Å². The molecule has 0 amide bonds. The van der Waals surface area contributed by atoms with E-state index in [1.165, 1.54) is 18.2 Å². The molecule has 1 aromatic heterocycles. The van der Waals surface area contributed by atoms with Crippen molar-refractivity contribution in [3.8, 4) is 11.3 Å². The molecule has 1 unspecified atom stereocenters. The normalized spacial score (nSPS) is 12.0. The molecule has 42 heavy (non-hydrogen) atoms. The third-order valence-electron chi connectivity index (χ3n) is 6.56. The largest absolute Gasteiger partial charge is 0.490 e. The summed E-state index contributed by atoms with van der Waals surface area (Å²) in [6.45, 7) is 4.39. The fourth-order valence-corrected chi connectivity index (χ4v) is 4.51. The zero-order valence-electron chi connectivity index (χ0n) is 22.7. The summed E-state index contributed by atoms with van der Waals surface area (Å²) < 4.78 is 48.0. The van der Waals surface area contributed by atoms with Crippen molar-refractivity contribution in [2.24, 2.45) is 0 Å². The van der Waals surface area contributed by atoms with Gasteiger partial charge in [0.1, 0.15) is 11.3 Å². The third-order valence-corrected chi connectivity index (χ3v) is 6.56. The van der Waals surface area contributed by atoms with Crippen LogP contribution in [0.25, 0.3) is 22.3 Å². The second kappa shape index (κ2) is 11.8. The highest BCUT2D eigenvalue weighted by molar-refractivity contribution is 5.94. The van der Waals surface area contributed by atoms with Crippen molar-refractivity contribution in [2.75, 3.05) is 17.4 Å². The Morgan fingerprint density at radius 3 is 2.48 bits per heavy atom. The van der Waals surface area contributed by atoms with Gasteiger partial charge in [-0.3, -0.25) is 4.79 Å². The van der Waals surface area contributed by atoms with E-state index in [9.17, 15) is 32.7 Å². The molecule has 12 heteroatoms. The Hall–Kier alpha value is -5.13. The summed E-state index contributed by atoms with van der Waals surface area (Å²) in [4.78, 5) is 36.3. The molecule has 1 atom stereocenters. The van der Waals surface area contributed by atoms with E-state index < -0.39 is 30.9 Å². The quantitative estimate of drug-likeness (QED) is 0.101. The lowest BCUT2D eigenvalue weighted by molar-refractivity contribution is -0.198. The minimum absolute atomic E-state index is 0.0755. The van der Waals surface area contributed by atoms with Gasteiger partial charge in [0.15, 0.2) is 12.2 Å². The van der Waals surface area contributed by atoms with Crippen molar-refractivity contribution < 1.29 is 37.0 Å². The van der Waals surface area contributed by atoms with Crippen LogP contribution in [-0.4, -0.2) is 36.2 Å². The predicted octanol–water partition coefficient (Wildman–Crippen LogP) is 6.42. The number of carbonyl (C=O) groups excluding carboxylic acids is 1. The van der Waals surface area contributed by atoms with Gasteiger partial charge in [-0.2, -0.15) is 13.2 Å².